The minimum atomic E-state index is -0.0716. The van der Waals surface area contributed by atoms with Gasteiger partial charge in [0.1, 0.15) is 6.54 Å². The highest BCUT2D eigenvalue weighted by molar-refractivity contribution is 8.04. The lowest BCUT2D eigenvalue weighted by Crippen LogP contribution is -2.54. The molecular formula is C30H39N3O2S. The second kappa shape index (κ2) is 12.6. The molecule has 1 saturated heterocycles. The minimum absolute atomic E-state index is 0.00763. The Morgan fingerprint density at radius 1 is 1.11 bits per heavy atom. The SMILES string of the molecule is Cc1ccc(/C=C2\SC3CCCCC3N(CC(=O)NCCN(Cc3ccccc3)C(C)C)C2=O)cc1. The average molecular weight is 506 g/mol. The molecule has 2 aromatic rings. The van der Waals surface area contributed by atoms with Crippen molar-refractivity contribution in [2.75, 3.05) is 19.6 Å². The van der Waals surface area contributed by atoms with Crippen LogP contribution in [0.3, 0.4) is 0 Å². The molecule has 2 fully saturated rings. The molecule has 0 spiro atoms. The molecule has 0 bridgehead atoms. The Labute approximate surface area is 220 Å². The Hall–Kier alpha value is -2.57. The molecule has 2 amide bonds. The fourth-order valence-corrected chi connectivity index (χ4v) is 6.54. The second-order valence-electron chi connectivity index (χ2n) is 10.3. The van der Waals surface area contributed by atoms with E-state index in [4.69, 9.17) is 0 Å². The summed E-state index contributed by atoms with van der Waals surface area (Å²) >= 11 is 1.71. The number of rotatable bonds is 9. The van der Waals surface area contributed by atoms with E-state index in [1.165, 1.54) is 17.5 Å². The largest absolute Gasteiger partial charge is 0.353 e. The number of hydrogen-bond acceptors (Lipinski definition) is 4. The van der Waals surface area contributed by atoms with Gasteiger partial charge in [-0.3, -0.25) is 14.5 Å². The number of amides is 2. The van der Waals surface area contributed by atoms with Gasteiger partial charge in [-0.15, -0.1) is 11.8 Å². The van der Waals surface area contributed by atoms with Crippen molar-refractivity contribution in [2.24, 2.45) is 0 Å². The molecule has 1 aliphatic heterocycles. The van der Waals surface area contributed by atoms with Crippen LogP contribution in [0.4, 0.5) is 0 Å². The van der Waals surface area contributed by atoms with Gasteiger partial charge in [-0.2, -0.15) is 0 Å². The Kier molecular flexibility index (Phi) is 9.27. The zero-order valence-electron chi connectivity index (χ0n) is 21.8. The van der Waals surface area contributed by atoms with Crippen LogP contribution in [0.2, 0.25) is 0 Å². The molecule has 2 aliphatic rings. The second-order valence-corrected chi connectivity index (χ2v) is 11.5. The molecule has 2 unspecified atom stereocenters. The number of fused-ring (bicyclic) bond motifs is 1. The quantitative estimate of drug-likeness (QED) is 0.473. The van der Waals surface area contributed by atoms with E-state index in [9.17, 15) is 9.59 Å². The zero-order chi connectivity index (χ0) is 25.5. The monoisotopic (exact) mass is 505 g/mol. The van der Waals surface area contributed by atoms with Crippen LogP contribution in [-0.4, -0.2) is 58.6 Å². The summed E-state index contributed by atoms with van der Waals surface area (Å²) < 4.78 is 0. The minimum Gasteiger partial charge on any atom is -0.353 e. The van der Waals surface area contributed by atoms with E-state index in [0.29, 0.717) is 17.8 Å². The highest BCUT2D eigenvalue weighted by atomic mass is 32.2. The molecule has 2 aromatic carbocycles. The molecule has 1 N–H and O–H groups in total. The molecule has 1 aliphatic carbocycles. The van der Waals surface area contributed by atoms with Crippen LogP contribution in [0.1, 0.15) is 56.2 Å². The van der Waals surface area contributed by atoms with E-state index < -0.39 is 0 Å². The van der Waals surface area contributed by atoms with Gasteiger partial charge in [-0.05, 0) is 50.8 Å². The van der Waals surface area contributed by atoms with Crippen molar-refractivity contribution in [1.82, 2.24) is 15.1 Å². The highest BCUT2D eigenvalue weighted by Crippen LogP contribution is 2.42. The number of carbonyl (C=O) groups excluding carboxylic acids is 2. The molecule has 5 nitrogen and oxygen atoms in total. The van der Waals surface area contributed by atoms with Gasteiger partial charge >= 0.3 is 0 Å². The lowest BCUT2D eigenvalue weighted by Gasteiger charge is -2.43. The average Bonchev–Trinajstić information content (AvgIpc) is 2.87. The van der Waals surface area contributed by atoms with Crippen LogP contribution < -0.4 is 5.32 Å². The van der Waals surface area contributed by atoms with Gasteiger partial charge in [-0.25, -0.2) is 0 Å². The predicted octanol–water partition coefficient (Wildman–Crippen LogP) is 5.25. The van der Waals surface area contributed by atoms with Crippen molar-refractivity contribution in [1.29, 1.82) is 0 Å². The standard InChI is InChI=1S/C30H39N3O2S/c1-22(2)32(20-25-9-5-4-6-10-25)18-17-31-29(34)21-33-26-11-7-8-12-27(26)36-28(30(33)35)19-24-15-13-23(3)14-16-24/h4-6,9-10,13-16,19,22,26-27H,7-8,11-12,17-18,20-21H2,1-3H3,(H,31,34)/b28-19-. The smallest absolute Gasteiger partial charge is 0.261 e. The van der Waals surface area contributed by atoms with Gasteiger partial charge < -0.3 is 10.2 Å². The van der Waals surface area contributed by atoms with Crippen molar-refractivity contribution in [3.05, 3.63) is 76.2 Å². The summed E-state index contributed by atoms with van der Waals surface area (Å²) in [5, 5.41) is 3.45. The van der Waals surface area contributed by atoms with Crippen molar-refractivity contribution in [3.63, 3.8) is 0 Å². The van der Waals surface area contributed by atoms with Crippen LogP contribution >= 0.6 is 11.8 Å². The van der Waals surface area contributed by atoms with Crippen molar-refractivity contribution >= 4 is 29.7 Å². The first-order valence-corrected chi connectivity index (χ1v) is 14.1. The van der Waals surface area contributed by atoms with Crippen LogP contribution in [0.15, 0.2) is 59.5 Å². The molecular weight excluding hydrogens is 466 g/mol. The highest BCUT2D eigenvalue weighted by Gasteiger charge is 2.41. The lowest BCUT2D eigenvalue weighted by atomic mass is 9.93. The summed E-state index contributed by atoms with van der Waals surface area (Å²) in [6.07, 6.45) is 6.37. The van der Waals surface area contributed by atoms with E-state index in [-0.39, 0.29) is 24.4 Å². The van der Waals surface area contributed by atoms with Crippen LogP contribution in [0, 0.1) is 6.92 Å². The number of thioether (sulfide) groups is 1. The van der Waals surface area contributed by atoms with E-state index in [2.05, 4.69) is 79.5 Å². The van der Waals surface area contributed by atoms with E-state index in [1.54, 1.807) is 11.8 Å². The number of hydrogen-bond donors (Lipinski definition) is 1. The predicted molar refractivity (Wildman–Crippen MR) is 150 cm³/mol. The molecule has 0 radical (unpaired) electrons. The van der Waals surface area contributed by atoms with E-state index in [1.807, 2.05) is 17.0 Å². The Morgan fingerprint density at radius 3 is 2.56 bits per heavy atom. The van der Waals surface area contributed by atoms with Gasteiger partial charge in [0.25, 0.3) is 5.91 Å². The maximum atomic E-state index is 13.5. The van der Waals surface area contributed by atoms with Crippen molar-refractivity contribution in [2.45, 2.75) is 70.3 Å². The maximum Gasteiger partial charge on any atom is 0.261 e. The molecule has 36 heavy (non-hydrogen) atoms. The first kappa shape index (κ1) is 26.5. The molecule has 6 heteroatoms. The topological polar surface area (TPSA) is 52.7 Å². The van der Waals surface area contributed by atoms with Gasteiger partial charge in [0, 0.05) is 37.0 Å². The Balaban J connectivity index is 1.38. The van der Waals surface area contributed by atoms with Gasteiger partial charge in [-0.1, -0.05) is 73.0 Å². The number of benzene rings is 2. The van der Waals surface area contributed by atoms with E-state index in [0.717, 1.165) is 42.8 Å². The zero-order valence-corrected chi connectivity index (χ0v) is 22.6. The summed E-state index contributed by atoms with van der Waals surface area (Å²) in [6.45, 7) is 8.75. The molecule has 4 rings (SSSR count). The van der Waals surface area contributed by atoms with E-state index >= 15 is 0 Å². The van der Waals surface area contributed by atoms with Gasteiger partial charge in [0.15, 0.2) is 0 Å². The summed E-state index contributed by atoms with van der Waals surface area (Å²) in [5.74, 6) is -0.0792. The fraction of sp³-hybridized carbons (Fsp3) is 0.467. The third-order valence-electron chi connectivity index (χ3n) is 7.19. The fourth-order valence-electron chi connectivity index (χ4n) is 5.06. The molecule has 1 saturated carbocycles. The number of nitrogens with zero attached hydrogens (tertiary/aromatic N) is 2. The van der Waals surface area contributed by atoms with Crippen LogP contribution in [0.25, 0.3) is 6.08 Å². The third kappa shape index (κ3) is 7.01. The first-order chi connectivity index (χ1) is 17.4. The molecule has 0 aromatic heterocycles. The van der Waals surface area contributed by atoms with Crippen molar-refractivity contribution in [3.8, 4) is 0 Å². The maximum absolute atomic E-state index is 13.5. The number of aryl methyl sites for hydroxylation is 1. The summed E-state index contributed by atoms with van der Waals surface area (Å²) in [5.41, 5.74) is 3.50. The molecule has 192 valence electrons. The van der Waals surface area contributed by atoms with Gasteiger partial charge in [0.2, 0.25) is 5.91 Å². The Morgan fingerprint density at radius 2 is 1.83 bits per heavy atom. The van der Waals surface area contributed by atoms with Crippen molar-refractivity contribution < 1.29 is 9.59 Å². The van der Waals surface area contributed by atoms with Gasteiger partial charge in [0.05, 0.1) is 4.91 Å². The summed E-state index contributed by atoms with van der Waals surface area (Å²) in [7, 11) is 0. The molecule has 2 atom stereocenters. The molecule has 1 heterocycles. The Bertz CT molecular complexity index is 1050. The summed E-state index contributed by atoms with van der Waals surface area (Å²) in [6, 6.07) is 19.2. The number of carbonyl (C=O) groups is 2. The normalized spacial score (nSPS) is 21.2. The summed E-state index contributed by atoms with van der Waals surface area (Å²) in [4.78, 5) is 31.5. The third-order valence-corrected chi connectivity index (χ3v) is 8.59. The lowest BCUT2D eigenvalue weighted by molar-refractivity contribution is -0.135. The van der Waals surface area contributed by atoms with Crippen LogP contribution in [-0.2, 0) is 16.1 Å². The number of nitrogens with one attached hydrogen (secondary N) is 1. The first-order valence-electron chi connectivity index (χ1n) is 13.2. The van der Waals surface area contributed by atoms with Crippen LogP contribution in [0.5, 0.6) is 0 Å².